The summed E-state index contributed by atoms with van der Waals surface area (Å²) < 4.78 is 2.19. The summed E-state index contributed by atoms with van der Waals surface area (Å²) in [5.41, 5.74) is 6.49. The number of amidine groups is 2. The molecular weight excluding hydrogens is 495 g/mol. The van der Waals surface area contributed by atoms with Gasteiger partial charge >= 0.3 is 7.12 Å². The van der Waals surface area contributed by atoms with Gasteiger partial charge in [-0.3, -0.25) is 0 Å². The molecular formula is C33H25BN4O2. The van der Waals surface area contributed by atoms with Gasteiger partial charge in [0, 0.05) is 27.6 Å². The van der Waals surface area contributed by atoms with Crippen LogP contribution in [-0.4, -0.2) is 33.4 Å². The molecule has 6 aromatic rings. The Bertz CT molecular complexity index is 1900. The summed E-state index contributed by atoms with van der Waals surface area (Å²) in [5.74, 6) is 1.45. The van der Waals surface area contributed by atoms with E-state index in [1.807, 2.05) is 72.8 Å². The Morgan fingerprint density at radius 2 is 1.32 bits per heavy atom. The molecule has 0 fully saturated rings. The number of para-hydroxylation sites is 1. The Kier molecular flexibility index (Phi) is 6.00. The summed E-state index contributed by atoms with van der Waals surface area (Å²) in [6, 6.07) is 42.2. The lowest BCUT2D eigenvalue weighted by atomic mass is 9.80. The van der Waals surface area contributed by atoms with Crippen LogP contribution < -0.4 is 10.8 Å². The van der Waals surface area contributed by atoms with Crippen molar-refractivity contribution >= 4 is 46.1 Å². The minimum Gasteiger partial charge on any atom is -0.423 e. The molecule has 1 aliphatic rings. The molecule has 5 aromatic carbocycles. The molecule has 0 saturated carbocycles. The van der Waals surface area contributed by atoms with E-state index in [-0.39, 0.29) is 6.17 Å². The Labute approximate surface area is 231 Å². The lowest BCUT2D eigenvalue weighted by Gasteiger charge is -2.23. The van der Waals surface area contributed by atoms with E-state index in [1.54, 1.807) is 6.07 Å². The van der Waals surface area contributed by atoms with E-state index in [0.29, 0.717) is 11.3 Å². The highest BCUT2D eigenvalue weighted by Crippen LogP contribution is 2.32. The van der Waals surface area contributed by atoms with Crippen LogP contribution in [-0.2, 0) is 0 Å². The van der Waals surface area contributed by atoms with E-state index < -0.39 is 7.12 Å². The van der Waals surface area contributed by atoms with Crippen LogP contribution in [0.5, 0.6) is 0 Å². The van der Waals surface area contributed by atoms with Gasteiger partial charge < -0.3 is 19.9 Å². The van der Waals surface area contributed by atoms with E-state index in [1.165, 1.54) is 0 Å². The van der Waals surface area contributed by atoms with Crippen molar-refractivity contribution in [2.24, 2.45) is 9.98 Å². The van der Waals surface area contributed by atoms with Crippen molar-refractivity contribution in [2.45, 2.75) is 6.17 Å². The molecule has 7 heteroatoms. The van der Waals surface area contributed by atoms with Crippen molar-refractivity contribution in [3.8, 4) is 5.69 Å². The van der Waals surface area contributed by atoms with Gasteiger partial charge in [-0.2, -0.15) is 0 Å². The summed E-state index contributed by atoms with van der Waals surface area (Å²) in [5, 5.41) is 25.0. The number of aromatic nitrogens is 1. The third-order valence-corrected chi connectivity index (χ3v) is 7.28. The zero-order chi connectivity index (χ0) is 27.1. The van der Waals surface area contributed by atoms with Crippen LogP contribution >= 0.6 is 0 Å². The molecule has 0 bridgehead atoms. The Morgan fingerprint density at radius 3 is 2.08 bits per heavy atom. The van der Waals surface area contributed by atoms with Gasteiger partial charge in [-0.25, -0.2) is 9.98 Å². The van der Waals surface area contributed by atoms with E-state index >= 15 is 0 Å². The first-order chi connectivity index (χ1) is 19.7. The van der Waals surface area contributed by atoms with E-state index in [0.717, 1.165) is 50.0 Å². The quantitative estimate of drug-likeness (QED) is 0.281. The number of rotatable bonds is 5. The summed E-state index contributed by atoms with van der Waals surface area (Å²) in [6.07, 6.45) is -0.253. The molecule has 2 heterocycles. The van der Waals surface area contributed by atoms with E-state index in [2.05, 4.69) is 58.4 Å². The van der Waals surface area contributed by atoms with Gasteiger partial charge in [0.15, 0.2) is 5.84 Å². The summed E-state index contributed by atoms with van der Waals surface area (Å²) in [6.45, 7) is 0. The molecule has 1 aromatic heterocycles. The molecule has 1 aliphatic heterocycles. The molecule has 0 radical (unpaired) electrons. The lowest BCUT2D eigenvalue weighted by Crippen LogP contribution is -2.33. The maximum Gasteiger partial charge on any atom is 0.488 e. The van der Waals surface area contributed by atoms with Crippen LogP contribution in [0.2, 0.25) is 0 Å². The highest BCUT2D eigenvalue weighted by molar-refractivity contribution is 6.59. The Balaban J connectivity index is 1.32. The number of hydrogen-bond acceptors (Lipinski definition) is 5. The molecule has 40 heavy (non-hydrogen) atoms. The first-order valence-electron chi connectivity index (χ1n) is 13.2. The van der Waals surface area contributed by atoms with Gasteiger partial charge in [0.05, 0.1) is 11.0 Å². The molecule has 1 atom stereocenters. The highest BCUT2D eigenvalue weighted by atomic mass is 16.4. The number of aliphatic imine (C=N–C) groups is 2. The summed E-state index contributed by atoms with van der Waals surface area (Å²) >= 11 is 0. The molecule has 1 unspecified atom stereocenters. The second-order valence-corrected chi connectivity index (χ2v) is 9.79. The van der Waals surface area contributed by atoms with Gasteiger partial charge in [-0.05, 0) is 47.4 Å². The largest absolute Gasteiger partial charge is 0.488 e. The Morgan fingerprint density at radius 1 is 0.650 bits per heavy atom. The fraction of sp³-hybridized carbons (Fsp3) is 0.0303. The minimum atomic E-state index is -1.52. The monoisotopic (exact) mass is 520 g/mol. The molecule has 7 rings (SSSR count). The van der Waals surface area contributed by atoms with Crippen LogP contribution in [0, 0.1) is 0 Å². The summed E-state index contributed by atoms with van der Waals surface area (Å²) in [4.78, 5) is 9.90. The fourth-order valence-electron chi connectivity index (χ4n) is 5.32. The van der Waals surface area contributed by atoms with Crippen LogP contribution in [0.25, 0.3) is 27.5 Å². The second kappa shape index (κ2) is 9.96. The van der Waals surface area contributed by atoms with Gasteiger partial charge in [-0.15, -0.1) is 0 Å². The average Bonchev–Trinajstić information content (AvgIpc) is 3.35. The lowest BCUT2D eigenvalue weighted by molar-refractivity contribution is 0.426. The number of benzene rings is 5. The van der Waals surface area contributed by atoms with Crippen molar-refractivity contribution in [3.63, 3.8) is 0 Å². The van der Waals surface area contributed by atoms with Crippen molar-refractivity contribution < 1.29 is 10.0 Å². The van der Waals surface area contributed by atoms with Gasteiger partial charge in [0.1, 0.15) is 12.0 Å². The van der Waals surface area contributed by atoms with Crippen LogP contribution in [0.1, 0.15) is 22.9 Å². The standard InChI is InChI=1S/C33H25BN4O2/c39-34(40)25-17-20-30-28(21-25)27-13-7-8-14-29(27)38(30)26-18-15-24(16-19-26)33-36-31(22-9-3-1-4-10-22)35-32(37-33)23-11-5-2-6-12-23/h1-21,31,39-40H,(H,35,36,37). The van der Waals surface area contributed by atoms with E-state index in [9.17, 15) is 10.0 Å². The minimum absolute atomic E-state index is 0.253. The molecule has 0 aliphatic carbocycles. The van der Waals surface area contributed by atoms with Gasteiger partial charge in [0.25, 0.3) is 0 Å². The topological polar surface area (TPSA) is 82.1 Å². The zero-order valence-corrected chi connectivity index (χ0v) is 21.5. The van der Waals surface area contributed by atoms with Crippen molar-refractivity contribution in [1.82, 2.24) is 9.88 Å². The third-order valence-electron chi connectivity index (χ3n) is 7.28. The van der Waals surface area contributed by atoms with Crippen LogP contribution in [0.15, 0.2) is 137 Å². The number of nitrogens with one attached hydrogen (secondary N) is 1. The van der Waals surface area contributed by atoms with Crippen LogP contribution in [0.3, 0.4) is 0 Å². The third kappa shape index (κ3) is 4.27. The fourth-order valence-corrected chi connectivity index (χ4v) is 5.32. The maximum absolute atomic E-state index is 9.74. The molecule has 0 saturated heterocycles. The first kappa shape index (κ1) is 24.1. The van der Waals surface area contributed by atoms with Crippen molar-refractivity contribution in [1.29, 1.82) is 0 Å². The van der Waals surface area contributed by atoms with Gasteiger partial charge in [-0.1, -0.05) is 91.0 Å². The zero-order valence-electron chi connectivity index (χ0n) is 21.5. The van der Waals surface area contributed by atoms with E-state index in [4.69, 9.17) is 9.98 Å². The molecule has 6 nitrogen and oxygen atoms in total. The maximum atomic E-state index is 9.74. The molecule has 0 spiro atoms. The molecule has 3 N–H and O–H groups in total. The van der Waals surface area contributed by atoms with Crippen molar-refractivity contribution in [3.05, 3.63) is 144 Å². The SMILES string of the molecule is OB(O)c1ccc2c(c1)c1ccccc1n2-c1ccc(C2=NC(c3ccccc3)NC(c3ccccc3)=N2)cc1. The normalized spacial score (nSPS) is 15.0. The van der Waals surface area contributed by atoms with Crippen molar-refractivity contribution in [2.75, 3.05) is 0 Å². The summed E-state index contributed by atoms with van der Waals surface area (Å²) in [7, 11) is -1.52. The smallest absolute Gasteiger partial charge is 0.423 e. The molecule has 192 valence electrons. The molecule has 0 amide bonds. The number of hydrogen-bond donors (Lipinski definition) is 3. The predicted octanol–water partition coefficient (Wildman–Crippen LogP) is 4.96. The highest BCUT2D eigenvalue weighted by Gasteiger charge is 2.21. The number of fused-ring (bicyclic) bond motifs is 3. The predicted molar refractivity (Wildman–Crippen MR) is 162 cm³/mol. The average molecular weight is 520 g/mol. The number of nitrogens with zero attached hydrogens (tertiary/aromatic N) is 3. The Hall–Kier alpha value is -4.98. The first-order valence-corrected chi connectivity index (χ1v) is 13.2. The second-order valence-electron chi connectivity index (χ2n) is 9.79. The van der Waals surface area contributed by atoms with Crippen LogP contribution in [0.4, 0.5) is 0 Å². The van der Waals surface area contributed by atoms with Gasteiger partial charge in [0.2, 0.25) is 0 Å².